The molecule has 2 aliphatic rings. The molecule has 0 heterocycles. The first-order valence-electron chi connectivity index (χ1n) is 12.3. The summed E-state index contributed by atoms with van der Waals surface area (Å²) >= 11 is 3.60. The smallest absolute Gasteiger partial charge is 0.0465 e. The van der Waals surface area contributed by atoms with Gasteiger partial charge in [0, 0.05) is 26.9 Å². The Morgan fingerprint density at radius 3 is 2.06 bits per heavy atom. The highest BCUT2D eigenvalue weighted by Gasteiger charge is 2.37. The van der Waals surface area contributed by atoms with Gasteiger partial charge in [0.25, 0.3) is 0 Å². The Balaban J connectivity index is 1.46. The minimum Gasteiger partial charge on any atom is -0.310 e. The maximum Gasteiger partial charge on any atom is 0.0465 e. The third-order valence-corrected chi connectivity index (χ3v) is 7.95. The van der Waals surface area contributed by atoms with Crippen LogP contribution in [-0.2, 0) is 5.41 Å². The van der Waals surface area contributed by atoms with Gasteiger partial charge in [0.1, 0.15) is 0 Å². The Labute approximate surface area is 216 Å². The highest BCUT2D eigenvalue weighted by molar-refractivity contribution is 9.10. The van der Waals surface area contributed by atoms with Gasteiger partial charge in [-0.1, -0.05) is 90.5 Å². The fraction of sp³-hybridized carbons (Fsp3) is 0.152. The Bertz CT molecular complexity index is 1440. The maximum absolute atomic E-state index is 3.60. The first-order chi connectivity index (χ1) is 17.0. The van der Waals surface area contributed by atoms with Crippen LogP contribution in [0.2, 0.25) is 0 Å². The lowest BCUT2D eigenvalue weighted by Crippen LogP contribution is -2.18. The second-order valence-electron chi connectivity index (χ2n) is 9.91. The van der Waals surface area contributed by atoms with Gasteiger partial charge in [-0.15, -0.1) is 0 Å². The minimum atomic E-state index is 0.0140. The van der Waals surface area contributed by atoms with Gasteiger partial charge >= 0.3 is 0 Å². The number of hydrogen-bond donors (Lipinski definition) is 0. The highest BCUT2D eigenvalue weighted by Crippen LogP contribution is 2.51. The van der Waals surface area contributed by atoms with Crippen molar-refractivity contribution in [2.24, 2.45) is 0 Å². The maximum atomic E-state index is 3.60. The molecule has 6 rings (SSSR count). The van der Waals surface area contributed by atoms with Crippen molar-refractivity contribution in [3.8, 4) is 11.1 Å². The Morgan fingerprint density at radius 2 is 1.34 bits per heavy atom. The lowest BCUT2D eigenvalue weighted by Gasteiger charge is -2.29. The van der Waals surface area contributed by atoms with Gasteiger partial charge in [-0.05, 0) is 94.8 Å². The standard InChI is InChI=1S/C33H28BrN/c1-33(2)31-11-7-6-10-29(31)30-21-20-28(22-32(30)33)35(27-18-14-25(34)15-19-27)26-16-12-24(13-17-26)23-8-4-3-5-9-23/h3-5,7-9,11-22H,6,10H2,1-2H3. The van der Waals surface area contributed by atoms with Crippen molar-refractivity contribution in [2.45, 2.75) is 32.1 Å². The van der Waals surface area contributed by atoms with E-state index in [0.29, 0.717) is 0 Å². The van der Waals surface area contributed by atoms with Crippen molar-refractivity contribution in [1.29, 1.82) is 0 Å². The van der Waals surface area contributed by atoms with Crippen LogP contribution in [0, 0.1) is 0 Å². The molecule has 0 unspecified atom stereocenters. The van der Waals surface area contributed by atoms with E-state index in [-0.39, 0.29) is 5.41 Å². The van der Waals surface area contributed by atoms with E-state index >= 15 is 0 Å². The van der Waals surface area contributed by atoms with Crippen LogP contribution in [0.5, 0.6) is 0 Å². The number of anilines is 3. The third-order valence-electron chi connectivity index (χ3n) is 7.42. The van der Waals surface area contributed by atoms with Crippen molar-refractivity contribution < 1.29 is 0 Å². The highest BCUT2D eigenvalue weighted by atomic mass is 79.9. The monoisotopic (exact) mass is 517 g/mol. The molecule has 0 amide bonds. The van der Waals surface area contributed by atoms with Gasteiger partial charge in [-0.3, -0.25) is 0 Å². The largest absolute Gasteiger partial charge is 0.310 e. The molecule has 0 saturated heterocycles. The Kier molecular flexibility index (Phi) is 5.50. The molecule has 0 bridgehead atoms. The molecule has 0 N–H and O–H groups in total. The van der Waals surface area contributed by atoms with E-state index in [0.717, 1.165) is 28.7 Å². The summed E-state index contributed by atoms with van der Waals surface area (Å²) in [6, 6.07) is 35.1. The molecule has 0 radical (unpaired) electrons. The second-order valence-corrected chi connectivity index (χ2v) is 10.8. The van der Waals surface area contributed by atoms with Crippen molar-refractivity contribution in [1.82, 2.24) is 0 Å². The van der Waals surface area contributed by atoms with E-state index < -0.39 is 0 Å². The van der Waals surface area contributed by atoms with Crippen LogP contribution in [0.15, 0.2) is 119 Å². The number of fused-ring (bicyclic) bond motifs is 2. The van der Waals surface area contributed by atoms with Crippen molar-refractivity contribution in [3.05, 3.63) is 130 Å². The van der Waals surface area contributed by atoms with Crippen LogP contribution < -0.4 is 4.90 Å². The summed E-state index contributed by atoms with van der Waals surface area (Å²) in [7, 11) is 0. The zero-order valence-corrected chi connectivity index (χ0v) is 21.7. The number of halogens is 1. The Hall–Kier alpha value is -3.36. The van der Waals surface area contributed by atoms with Crippen LogP contribution in [0.25, 0.3) is 16.7 Å². The summed E-state index contributed by atoms with van der Waals surface area (Å²) in [5, 5.41) is 0. The molecule has 4 aromatic carbocycles. The molecule has 0 atom stereocenters. The predicted octanol–water partition coefficient (Wildman–Crippen LogP) is 9.98. The fourth-order valence-electron chi connectivity index (χ4n) is 5.60. The molecule has 2 aliphatic carbocycles. The van der Waals surface area contributed by atoms with Crippen LogP contribution in [-0.4, -0.2) is 0 Å². The van der Waals surface area contributed by atoms with Crippen LogP contribution >= 0.6 is 15.9 Å². The average Bonchev–Trinajstić information content (AvgIpc) is 3.13. The summed E-state index contributed by atoms with van der Waals surface area (Å²) in [5.41, 5.74) is 11.8. The third kappa shape index (κ3) is 3.86. The molecule has 35 heavy (non-hydrogen) atoms. The molecule has 0 saturated carbocycles. The number of hydrogen-bond acceptors (Lipinski definition) is 1. The molecular weight excluding hydrogens is 490 g/mol. The predicted molar refractivity (Wildman–Crippen MR) is 153 cm³/mol. The molecule has 0 aromatic heterocycles. The Morgan fingerprint density at radius 1 is 0.714 bits per heavy atom. The van der Waals surface area contributed by atoms with E-state index in [4.69, 9.17) is 0 Å². The quantitative estimate of drug-likeness (QED) is 0.260. The van der Waals surface area contributed by atoms with E-state index in [1.165, 1.54) is 39.1 Å². The topological polar surface area (TPSA) is 3.24 Å². The molecule has 4 aromatic rings. The SMILES string of the molecule is CC1(C)C2=C(CCC=C2)c2ccc(N(c3ccc(Br)cc3)c3ccc(-c4ccccc4)cc3)cc21. The summed E-state index contributed by atoms with van der Waals surface area (Å²) < 4.78 is 1.08. The van der Waals surface area contributed by atoms with Crippen molar-refractivity contribution >= 4 is 38.6 Å². The first-order valence-corrected chi connectivity index (χ1v) is 13.1. The van der Waals surface area contributed by atoms with Gasteiger partial charge in [0.15, 0.2) is 0 Å². The van der Waals surface area contributed by atoms with E-state index in [1.807, 2.05) is 0 Å². The van der Waals surface area contributed by atoms with Gasteiger partial charge in [-0.2, -0.15) is 0 Å². The van der Waals surface area contributed by atoms with Crippen LogP contribution in [0.4, 0.5) is 17.1 Å². The van der Waals surface area contributed by atoms with Crippen molar-refractivity contribution in [2.75, 3.05) is 4.90 Å². The van der Waals surface area contributed by atoms with Crippen LogP contribution in [0.1, 0.15) is 37.8 Å². The molecule has 172 valence electrons. The zero-order valence-electron chi connectivity index (χ0n) is 20.1. The van der Waals surface area contributed by atoms with E-state index in [2.05, 4.69) is 144 Å². The lowest BCUT2D eigenvalue weighted by atomic mass is 9.80. The average molecular weight is 518 g/mol. The molecule has 0 spiro atoms. The number of nitrogens with zero attached hydrogens (tertiary/aromatic N) is 1. The van der Waals surface area contributed by atoms with Gasteiger partial charge in [0.2, 0.25) is 0 Å². The molecular formula is C33H28BrN. The summed E-state index contributed by atoms with van der Waals surface area (Å²) in [6.45, 7) is 4.73. The fourth-order valence-corrected chi connectivity index (χ4v) is 5.86. The van der Waals surface area contributed by atoms with Crippen LogP contribution in [0.3, 0.4) is 0 Å². The number of allylic oxidation sites excluding steroid dienone is 4. The molecule has 0 fully saturated rings. The van der Waals surface area contributed by atoms with Gasteiger partial charge in [-0.25, -0.2) is 0 Å². The summed E-state index contributed by atoms with van der Waals surface area (Å²) in [5.74, 6) is 0. The summed E-state index contributed by atoms with van der Waals surface area (Å²) in [6.07, 6.45) is 6.96. The van der Waals surface area contributed by atoms with E-state index in [1.54, 1.807) is 0 Å². The van der Waals surface area contributed by atoms with Gasteiger partial charge < -0.3 is 4.90 Å². The molecule has 0 aliphatic heterocycles. The minimum absolute atomic E-state index is 0.0140. The number of benzene rings is 4. The molecule has 1 nitrogen and oxygen atoms in total. The van der Waals surface area contributed by atoms with E-state index in [9.17, 15) is 0 Å². The zero-order chi connectivity index (χ0) is 24.0. The second kappa shape index (κ2) is 8.70. The first kappa shape index (κ1) is 22.1. The normalized spacial score (nSPS) is 15.6. The molecule has 2 heteroatoms. The number of rotatable bonds is 4. The summed E-state index contributed by atoms with van der Waals surface area (Å²) in [4.78, 5) is 2.37. The van der Waals surface area contributed by atoms with Crippen molar-refractivity contribution in [3.63, 3.8) is 0 Å². The lowest BCUT2D eigenvalue weighted by molar-refractivity contribution is 0.651. The van der Waals surface area contributed by atoms with Gasteiger partial charge in [0.05, 0.1) is 0 Å².